The summed E-state index contributed by atoms with van der Waals surface area (Å²) in [5.74, 6) is 0. The minimum Gasteiger partial charge on any atom is -0.314 e. The van der Waals surface area contributed by atoms with Crippen LogP contribution in [0.25, 0.3) is 10.2 Å². The zero-order valence-corrected chi connectivity index (χ0v) is 10.1. The lowest BCUT2D eigenvalue weighted by Gasteiger charge is -2.03. The molecule has 16 heavy (non-hydrogen) atoms. The normalized spacial score (nSPS) is 15.8. The van der Waals surface area contributed by atoms with Gasteiger partial charge in [-0.05, 0) is 49.9 Å². The SMILES string of the molecule is c1nc2cc(CCCNC3CC3)ccc2s1. The van der Waals surface area contributed by atoms with Crippen molar-refractivity contribution in [3.8, 4) is 0 Å². The fourth-order valence-electron chi connectivity index (χ4n) is 1.95. The van der Waals surface area contributed by atoms with Crippen LogP contribution < -0.4 is 5.32 Å². The summed E-state index contributed by atoms with van der Waals surface area (Å²) in [5.41, 5.74) is 4.48. The second-order valence-corrected chi connectivity index (χ2v) is 5.37. The minimum absolute atomic E-state index is 0.834. The van der Waals surface area contributed by atoms with Crippen molar-refractivity contribution >= 4 is 21.6 Å². The van der Waals surface area contributed by atoms with E-state index in [1.165, 1.54) is 29.5 Å². The summed E-state index contributed by atoms with van der Waals surface area (Å²) in [6, 6.07) is 7.48. The molecule has 0 unspecified atom stereocenters. The molecule has 1 fully saturated rings. The van der Waals surface area contributed by atoms with Gasteiger partial charge in [-0.3, -0.25) is 0 Å². The number of nitrogens with zero attached hydrogens (tertiary/aromatic N) is 1. The molecule has 1 aromatic heterocycles. The van der Waals surface area contributed by atoms with Crippen LogP contribution >= 0.6 is 11.3 Å². The Morgan fingerprint density at radius 1 is 1.38 bits per heavy atom. The molecule has 2 nitrogen and oxygen atoms in total. The van der Waals surface area contributed by atoms with Gasteiger partial charge in [-0.25, -0.2) is 4.98 Å². The zero-order chi connectivity index (χ0) is 10.8. The first-order chi connectivity index (χ1) is 7.92. The molecule has 0 aliphatic heterocycles. The van der Waals surface area contributed by atoms with Crippen molar-refractivity contribution in [3.05, 3.63) is 29.3 Å². The predicted molar refractivity (Wildman–Crippen MR) is 69.0 cm³/mol. The molecule has 0 saturated heterocycles. The maximum atomic E-state index is 4.35. The number of hydrogen-bond donors (Lipinski definition) is 1. The smallest absolute Gasteiger partial charge is 0.0814 e. The van der Waals surface area contributed by atoms with Gasteiger partial charge < -0.3 is 5.32 Å². The highest BCUT2D eigenvalue weighted by Crippen LogP contribution is 2.20. The molecule has 3 rings (SSSR count). The Morgan fingerprint density at radius 3 is 3.19 bits per heavy atom. The van der Waals surface area contributed by atoms with Gasteiger partial charge in [0.15, 0.2) is 0 Å². The summed E-state index contributed by atoms with van der Waals surface area (Å²) >= 11 is 1.71. The van der Waals surface area contributed by atoms with Crippen LogP contribution in [0.15, 0.2) is 23.7 Å². The number of fused-ring (bicyclic) bond motifs is 1. The second kappa shape index (κ2) is 4.52. The van der Waals surface area contributed by atoms with Gasteiger partial charge in [0.25, 0.3) is 0 Å². The molecule has 84 valence electrons. The van der Waals surface area contributed by atoms with Gasteiger partial charge in [-0.15, -0.1) is 11.3 Å². The summed E-state index contributed by atoms with van der Waals surface area (Å²) in [4.78, 5) is 4.35. The monoisotopic (exact) mass is 232 g/mol. The van der Waals surface area contributed by atoms with Crippen molar-refractivity contribution in [1.82, 2.24) is 10.3 Å². The summed E-state index contributed by atoms with van der Waals surface area (Å²) in [6.45, 7) is 1.15. The van der Waals surface area contributed by atoms with Crippen LogP contribution in [-0.4, -0.2) is 17.6 Å². The van der Waals surface area contributed by atoms with Crippen LogP contribution in [0, 0.1) is 0 Å². The van der Waals surface area contributed by atoms with Gasteiger partial charge in [0.05, 0.1) is 15.7 Å². The highest BCUT2D eigenvalue weighted by molar-refractivity contribution is 7.16. The Bertz CT molecular complexity index is 473. The molecule has 3 heteroatoms. The molecule has 1 saturated carbocycles. The van der Waals surface area contributed by atoms with E-state index in [4.69, 9.17) is 0 Å². The van der Waals surface area contributed by atoms with Crippen LogP contribution in [0.5, 0.6) is 0 Å². The maximum Gasteiger partial charge on any atom is 0.0814 e. The standard InChI is InChI=1S/C13H16N2S/c1(7-14-11-4-5-11)2-10-3-6-13-12(8-10)15-9-16-13/h3,6,8-9,11,14H,1-2,4-5,7H2. The molecule has 1 aromatic carbocycles. The van der Waals surface area contributed by atoms with Crippen molar-refractivity contribution < 1.29 is 0 Å². The van der Waals surface area contributed by atoms with Gasteiger partial charge in [-0.2, -0.15) is 0 Å². The molecule has 0 bridgehead atoms. The lowest BCUT2D eigenvalue weighted by atomic mass is 10.1. The third-order valence-electron chi connectivity index (χ3n) is 3.05. The van der Waals surface area contributed by atoms with E-state index in [-0.39, 0.29) is 0 Å². The third kappa shape index (κ3) is 2.42. The number of hydrogen-bond acceptors (Lipinski definition) is 3. The first-order valence-electron chi connectivity index (χ1n) is 5.97. The molecular formula is C13H16N2S. The molecule has 0 spiro atoms. The van der Waals surface area contributed by atoms with E-state index in [1.54, 1.807) is 11.3 Å². The number of thiazole rings is 1. The molecule has 0 atom stereocenters. The fraction of sp³-hybridized carbons (Fsp3) is 0.462. The Morgan fingerprint density at radius 2 is 2.31 bits per heavy atom. The zero-order valence-electron chi connectivity index (χ0n) is 9.28. The molecule has 0 radical (unpaired) electrons. The molecule has 1 aliphatic rings. The van der Waals surface area contributed by atoms with Crippen LogP contribution in [-0.2, 0) is 6.42 Å². The van der Waals surface area contributed by atoms with Gasteiger partial charge in [-0.1, -0.05) is 6.07 Å². The first kappa shape index (κ1) is 10.2. The van der Waals surface area contributed by atoms with Crippen LogP contribution in [0.3, 0.4) is 0 Å². The number of benzene rings is 1. The molecule has 1 N–H and O–H groups in total. The van der Waals surface area contributed by atoms with Crippen molar-refractivity contribution in [2.75, 3.05) is 6.54 Å². The van der Waals surface area contributed by atoms with Crippen LogP contribution in [0.2, 0.25) is 0 Å². The van der Waals surface area contributed by atoms with E-state index in [1.807, 2.05) is 5.51 Å². The number of aryl methyl sites for hydroxylation is 1. The van der Waals surface area contributed by atoms with Crippen molar-refractivity contribution in [2.45, 2.75) is 31.7 Å². The van der Waals surface area contributed by atoms with Crippen LogP contribution in [0.1, 0.15) is 24.8 Å². The average Bonchev–Trinajstić information content (AvgIpc) is 3.01. The lowest BCUT2D eigenvalue weighted by molar-refractivity contribution is 0.646. The number of nitrogens with one attached hydrogen (secondary N) is 1. The fourth-order valence-corrected chi connectivity index (χ4v) is 2.60. The highest BCUT2D eigenvalue weighted by atomic mass is 32.1. The first-order valence-corrected chi connectivity index (χ1v) is 6.85. The second-order valence-electron chi connectivity index (χ2n) is 4.49. The van der Waals surface area contributed by atoms with Crippen molar-refractivity contribution in [3.63, 3.8) is 0 Å². The van der Waals surface area contributed by atoms with Crippen molar-refractivity contribution in [2.24, 2.45) is 0 Å². The molecule has 1 aliphatic carbocycles. The summed E-state index contributed by atoms with van der Waals surface area (Å²) in [5, 5.41) is 3.55. The quantitative estimate of drug-likeness (QED) is 0.802. The van der Waals surface area contributed by atoms with E-state index in [0.717, 1.165) is 24.5 Å². The Labute approximate surface area is 99.7 Å². The summed E-state index contributed by atoms with van der Waals surface area (Å²) < 4.78 is 1.29. The van der Waals surface area contributed by atoms with Gasteiger partial charge in [0, 0.05) is 6.04 Å². The van der Waals surface area contributed by atoms with Gasteiger partial charge in [0.1, 0.15) is 0 Å². The van der Waals surface area contributed by atoms with E-state index in [0.29, 0.717) is 0 Å². The molecule has 1 heterocycles. The molecule has 2 aromatic rings. The van der Waals surface area contributed by atoms with Crippen molar-refractivity contribution in [1.29, 1.82) is 0 Å². The average molecular weight is 232 g/mol. The third-order valence-corrected chi connectivity index (χ3v) is 3.86. The summed E-state index contributed by atoms with van der Waals surface area (Å²) in [7, 11) is 0. The Hall–Kier alpha value is -0.930. The lowest BCUT2D eigenvalue weighted by Crippen LogP contribution is -2.17. The van der Waals surface area contributed by atoms with Gasteiger partial charge in [0.2, 0.25) is 0 Å². The summed E-state index contributed by atoms with van der Waals surface area (Å²) in [6.07, 6.45) is 5.15. The van der Waals surface area contributed by atoms with Crippen LogP contribution in [0.4, 0.5) is 0 Å². The van der Waals surface area contributed by atoms with E-state index in [9.17, 15) is 0 Å². The topological polar surface area (TPSA) is 24.9 Å². The number of rotatable bonds is 5. The Balaban J connectivity index is 1.55. The predicted octanol–water partition coefficient (Wildman–Crippen LogP) is 2.98. The Kier molecular flexibility index (Phi) is 2.89. The highest BCUT2D eigenvalue weighted by Gasteiger charge is 2.19. The minimum atomic E-state index is 0.834. The molecular weight excluding hydrogens is 216 g/mol. The van der Waals surface area contributed by atoms with Gasteiger partial charge >= 0.3 is 0 Å². The maximum absolute atomic E-state index is 4.35. The van der Waals surface area contributed by atoms with E-state index in [2.05, 4.69) is 28.5 Å². The largest absolute Gasteiger partial charge is 0.314 e. The molecule has 0 amide bonds. The van der Waals surface area contributed by atoms with E-state index < -0.39 is 0 Å². The number of aromatic nitrogens is 1. The van der Waals surface area contributed by atoms with E-state index >= 15 is 0 Å².